The van der Waals surface area contributed by atoms with Crippen molar-refractivity contribution >= 4 is 17.8 Å². The Bertz CT molecular complexity index is 1270. The lowest BCUT2D eigenvalue weighted by Crippen LogP contribution is -2.41. The summed E-state index contributed by atoms with van der Waals surface area (Å²) in [5.74, 6) is -0.364. The molecule has 1 atom stereocenters. The Labute approximate surface area is 221 Å². The lowest BCUT2D eigenvalue weighted by Gasteiger charge is -2.17. The minimum atomic E-state index is -1.15. The molecular formula is C30H31NO7. The van der Waals surface area contributed by atoms with Crippen LogP contribution >= 0.6 is 0 Å². The Kier molecular flexibility index (Phi) is 8.63. The summed E-state index contributed by atoms with van der Waals surface area (Å²) in [6, 6.07) is 19.9. The van der Waals surface area contributed by atoms with Crippen molar-refractivity contribution in [3.05, 3.63) is 83.4 Å². The number of nitrogens with one attached hydrogen (secondary N) is 1. The minimum absolute atomic E-state index is 0.102. The number of ether oxygens (including phenoxy) is 3. The molecule has 0 bridgehead atoms. The second-order valence-electron chi connectivity index (χ2n) is 9.10. The molecule has 0 aliphatic heterocycles. The molecule has 198 valence electrons. The number of carboxylic acid groups (broad SMARTS) is 1. The van der Waals surface area contributed by atoms with Gasteiger partial charge in [0.1, 0.15) is 24.1 Å². The highest BCUT2D eigenvalue weighted by Crippen LogP contribution is 2.44. The summed E-state index contributed by atoms with van der Waals surface area (Å²) in [6.45, 7) is 0.102. The Morgan fingerprint density at radius 3 is 2.16 bits per heavy atom. The van der Waals surface area contributed by atoms with Gasteiger partial charge < -0.3 is 24.6 Å². The molecule has 38 heavy (non-hydrogen) atoms. The quantitative estimate of drug-likeness (QED) is 0.243. The second kappa shape index (κ2) is 12.3. The summed E-state index contributed by atoms with van der Waals surface area (Å²) in [6.07, 6.45) is 0.514. The van der Waals surface area contributed by atoms with Gasteiger partial charge in [-0.25, -0.2) is 9.59 Å². The third kappa shape index (κ3) is 5.96. The number of carbonyl (C=O) groups excluding carboxylic acids is 2. The highest BCUT2D eigenvalue weighted by molar-refractivity contribution is 5.98. The molecule has 3 aromatic carbocycles. The number of aliphatic carboxylic acids is 1. The average Bonchev–Trinajstić information content (AvgIpc) is 3.26. The molecule has 4 rings (SSSR count). The molecule has 1 aliphatic carbocycles. The van der Waals surface area contributed by atoms with E-state index in [1.165, 1.54) is 14.2 Å². The molecule has 2 N–H and O–H groups in total. The summed E-state index contributed by atoms with van der Waals surface area (Å²) >= 11 is 0. The van der Waals surface area contributed by atoms with Gasteiger partial charge in [-0.3, -0.25) is 4.79 Å². The number of hydrogen-bond acceptors (Lipinski definition) is 6. The molecule has 8 nitrogen and oxygen atoms in total. The first-order chi connectivity index (χ1) is 18.4. The van der Waals surface area contributed by atoms with E-state index < -0.39 is 18.1 Å². The van der Waals surface area contributed by atoms with Crippen LogP contribution in [-0.4, -0.2) is 49.8 Å². The van der Waals surface area contributed by atoms with Crippen LogP contribution < -0.4 is 14.8 Å². The molecule has 0 heterocycles. The van der Waals surface area contributed by atoms with Crippen molar-refractivity contribution in [1.29, 1.82) is 0 Å². The molecule has 8 heteroatoms. The summed E-state index contributed by atoms with van der Waals surface area (Å²) in [5, 5.41) is 12.1. The number of hydrogen-bond donors (Lipinski definition) is 2. The number of rotatable bonds is 12. The van der Waals surface area contributed by atoms with E-state index in [0.29, 0.717) is 29.9 Å². The van der Waals surface area contributed by atoms with Crippen LogP contribution in [0.4, 0.5) is 4.79 Å². The summed E-state index contributed by atoms with van der Waals surface area (Å²) in [7, 11) is 3.02. The molecule has 0 spiro atoms. The third-order valence-corrected chi connectivity index (χ3v) is 6.79. The fourth-order valence-electron chi connectivity index (χ4n) is 4.84. The van der Waals surface area contributed by atoms with Crippen molar-refractivity contribution in [1.82, 2.24) is 5.32 Å². The van der Waals surface area contributed by atoms with Gasteiger partial charge in [0, 0.05) is 18.4 Å². The molecule has 0 radical (unpaired) electrons. The lowest BCUT2D eigenvalue weighted by atomic mass is 9.98. The maximum absolute atomic E-state index is 12.6. The fourth-order valence-corrected chi connectivity index (χ4v) is 4.84. The van der Waals surface area contributed by atoms with Gasteiger partial charge in [0.25, 0.3) is 0 Å². The van der Waals surface area contributed by atoms with Crippen molar-refractivity contribution in [2.24, 2.45) is 0 Å². The Morgan fingerprint density at radius 1 is 0.895 bits per heavy atom. The summed E-state index contributed by atoms with van der Waals surface area (Å²) in [5.41, 5.74) is 4.83. The monoisotopic (exact) mass is 517 g/mol. The van der Waals surface area contributed by atoms with Crippen LogP contribution in [0.3, 0.4) is 0 Å². The number of Topliss-reactive ketones (excluding diaryl/α,β-unsaturated/α-hetero) is 1. The van der Waals surface area contributed by atoms with Crippen LogP contribution in [0.5, 0.6) is 11.5 Å². The number of amides is 1. The topological polar surface area (TPSA) is 111 Å². The van der Waals surface area contributed by atoms with E-state index >= 15 is 0 Å². The lowest BCUT2D eigenvalue weighted by molar-refractivity contribution is -0.139. The highest BCUT2D eigenvalue weighted by atomic mass is 16.5. The van der Waals surface area contributed by atoms with Crippen LogP contribution in [-0.2, 0) is 9.53 Å². The molecule has 1 amide bonds. The Morgan fingerprint density at radius 2 is 1.55 bits per heavy atom. The van der Waals surface area contributed by atoms with Gasteiger partial charge in [-0.05, 0) is 47.2 Å². The second-order valence-corrected chi connectivity index (χ2v) is 9.10. The zero-order valence-electron chi connectivity index (χ0n) is 21.4. The standard InChI is InChI=1S/C30H31NO7/c1-36-19-15-16-24(28(17-19)37-2)27(32)14-8-7-13-26(29(33)34)31-30(35)38-18-25-22-11-5-3-9-20(22)21-10-4-6-12-23(21)25/h3-6,9-12,15-17,25-26H,7-8,13-14,18H2,1-2H3,(H,31,35)(H,33,34)/t26-/m0/s1. The van der Waals surface area contributed by atoms with Gasteiger partial charge in [0.2, 0.25) is 0 Å². The normalized spacial score (nSPS) is 12.7. The van der Waals surface area contributed by atoms with Gasteiger partial charge in [-0.2, -0.15) is 0 Å². The third-order valence-electron chi connectivity index (χ3n) is 6.79. The fraction of sp³-hybridized carbons (Fsp3) is 0.300. The van der Waals surface area contributed by atoms with Crippen molar-refractivity contribution in [3.63, 3.8) is 0 Å². The van der Waals surface area contributed by atoms with Gasteiger partial charge in [0.15, 0.2) is 5.78 Å². The predicted molar refractivity (Wildman–Crippen MR) is 142 cm³/mol. The number of ketones is 1. The van der Waals surface area contributed by atoms with Crippen molar-refractivity contribution < 1.29 is 33.7 Å². The molecule has 1 aliphatic rings. The number of unbranched alkanes of at least 4 members (excludes halogenated alkanes) is 1. The van der Waals surface area contributed by atoms with Crippen LogP contribution in [0.15, 0.2) is 66.7 Å². The first kappa shape index (κ1) is 26.7. The number of benzene rings is 3. The molecule has 0 saturated heterocycles. The van der Waals surface area contributed by atoms with E-state index in [1.54, 1.807) is 18.2 Å². The van der Waals surface area contributed by atoms with Crippen LogP contribution in [0.25, 0.3) is 11.1 Å². The smallest absolute Gasteiger partial charge is 0.407 e. The number of carboxylic acids is 1. The zero-order chi connectivity index (χ0) is 27.1. The summed E-state index contributed by atoms with van der Waals surface area (Å²) < 4.78 is 15.9. The molecule has 0 aromatic heterocycles. The Hall–Kier alpha value is -4.33. The molecule has 3 aromatic rings. The van der Waals surface area contributed by atoms with Gasteiger partial charge >= 0.3 is 12.1 Å². The predicted octanol–water partition coefficient (Wildman–Crippen LogP) is 5.44. The maximum atomic E-state index is 12.6. The van der Waals surface area contributed by atoms with Gasteiger partial charge in [-0.1, -0.05) is 55.0 Å². The first-order valence-electron chi connectivity index (χ1n) is 12.5. The van der Waals surface area contributed by atoms with E-state index in [0.717, 1.165) is 22.3 Å². The summed E-state index contributed by atoms with van der Waals surface area (Å²) in [4.78, 5) is 36.9. The SMILES string of the molecule is COc1ccc(C(=O)CCCC[C@H](NC(=O)OCC2c3ccccc3-c3ccccc32)C(=O)O)c(OC)c1. The molecule has 0 fully saturated rings. The highest BCUT2D eigenvalue weighted by Gasteiger charge is 2.29. The van der Waals surface area contributed by atoms with Crippen molar-refractivity contribution in [3.8, 4) is 22.6 Å². The number of fused-ring (bicyclic) bond motifs is 3. The van der Waals surface area contributed by atoms with E-state index in [4.69, 9.17) is 14.2 Å². The van der Waals surface area contributed by atoms with Crippen LogP contribution in [0.2, 0.25) is 0 Å². The van der Waals surface area contributed by atoms with E-state index in [-0.39, 0.29) is 31.1 Å². The number of alkyl carbamates (subject to hydrolysis) is 1. The zero-order valence-corrected chi connectivity index (χ0v) is 21.4. The number of carbonyl (C=O) groups is 3. The van der Waals surface area contributed by atoms with Crippen molar-refractivity contribution in [2.75, 3.05) is 20.8 Å². The van der Waals surface area contributed by atoms with Crippen molar-refractivity contribution in [2.45, 2.75) is 37.6 Å². The molecular weight excluding hydrogens is 486 g/mol. The number of methoxy groups -OCH3 is 2. The first-order valence-corrected chi connectivity index (χ1v) is 12.5. The van der Waals surface area contributed by atoms with Crippen LogP contribution in [0, 0.1) is 0 Å². The van der Waals surface area contributed by atoms with Crippen LogP contribution in [0.1, 0.15) is 53.1 Å². The Balaban J connectivity index is 1.27. The largest absolute Gasteiger partial charge is 0.497 e. The maximum Gasteiger partial charge on any atom is 0.407 e. The van der Waals surface area contributed by atoms with Gasteiger partial charge in [0.05, 0.1) is 19.8 Å². The van der Waals surface area contributed by atoms with E-state index in [1.807, 2.05) is 48.5 Å². The van der Waals surface area contributed by atoms with Gasteiger partial charge in [-0.15, -0.1) is 0 Å². The average molecular weight is 518 g/mol. The minimum Gasteiger partial charge on any atom is -0.497 e. The molecule has 0 saturated carbocycles. The van der Waals surface area contributed by atoms with E-state index in [9.17, 15) is 19.5 Å². The van der Waals surface area contributed by atoms with E-state index in [2.05, 4.69) is 5.32 Å². The molecule has 0 unspecified atom stereocenters.